The Kier molecular flexibility index (Phi) is 10.4. The normalized spacial score (nSPS) is 16.2. The van der Waals surface area contributed by atoms with Crippen LogP contribution in [0.4, 0.5) is 30.2 Å². The van der Waals surface area contributed by atoms with Gasteiger partial charge < -0.3 is 4.90 Å². The molecule has 0 N–H and O–H groups in total. The van der Waals surface area contributed by atoms with E-state index in [1.807, 2.05) is 24.3 Å². The average molecular weight is 910 g/mol. The van der Waals surface area contributed by atoms with E-state index in [0.717, 1.165) is 107 Å². The van der Waals surface area contributed by atoms with Gasteiger partial charge >= 0.3 is 0 Å². The maximum atomic E-state index is 15.7. The first kappa shape index (κ1) is 42.9. The zero-order valence-electron chi connectivity index (χ0n) is 38.5. The van der Waals surface area contributed by atoms with Crippen molar-refractivity contribution in [2.45, 2.75) is 24.2 Å². The molecule has 1 nitrogen and oxygen atoms in total. The largest absolute Gasteiger partial charge is 0.310 e. The van der Waals surface area contributed by atoms with Gasteiger partial charge in [-0.1, -0.05) is 177 Å². The molecule has 2 unspecified atom stereocenters. The number of halogens is 3. The standard InChI is InChI=1S/C66H46F3N/c1-3-43-19-27-47(28-20-43)65(49-11-9-13-52(68)39-49)61-17-7-5-15-57(61)59-37-35-55(41-63(59)65)70(54-33-25-46(26-34-54)45-23-31-51(67)32-24-45)56-36-38-60-58-16-6-8-18-62(58)66(64(60)42-56,50-12-10-14-53(69)40-50)48-29-21-44(4-2)22-30-48/h3,5-42H,1,4H2,2H3. The van der Waals surface area contributed by atoms with E-state index in [1.165, 1.54) is 29.8 Å². The highest BCUT2D eigenvalue weighted by atomic mass is 19.1. The minimum absolute atomic E-state index is 0.286. The van der Waals surface area contributed by atoms with Crippen molar-refractivity contribution in [2.75, 3.05) is 4.90 Å². The molecule has 2 atom stereocenters. The molecule has 2 aliphatic carbocycles. The molecule has 10 aromatic rings. The Labute approximate surface area is 407 Å². The summed E-state index contributed by atoms with van der Waals surface area (Å²) in [4.78, 5) is 2.29. The first-order valence-corrected chi connectivity index (χ1v) is 23.8. The van der Waals surface area contributed by atoms with Crippen LogP contribution in [0.15, 0.2) is 237 Å². The van der Waals surface area contributed by atoms with Crippen LogP contribution in [-0.4, -0.2) is 0 Å². The van der Waals surface area contributed by atoms with Crippen molar-refractivity contribution >= 4 is 23.1 Å². The molecule has 0 aromatic heterocycles. The summed E-state index contributed by atoms with van der Waals surface area (Å²) >= 11 is 0. The van der Waals surface area contributed by atoms with Gasteiger partial charge in [0.05, 0.1) is 10.8 Å². The SMILES string of the molecule is C=Cc1ccc(C2(c3cccc(F)c3)c3ccccc3-c3ccc(N(c4ccc(-c5ccc(F)cc5)cc4)c4ccc5c(c4)C(c4ccc(CC)cc4)(c4cccc(F)c4)c4ccccc4-5)cc32)cc1. The number of hydrogen-bond acceptors (Lipinski definition) is 1. The van der Waals surface area contributed by atoms with Crippen LogP contribution in [0, 0.1) is 17.5 Å². The van der Waals surface area contributed by atoms with Gasteiger partial charge in [0.25, 0.3) is 0 Å². The monoisotopic (exact) mass is 909 g/mol. The lowest BCUT2D eigenvalue weighted by atomic mass is 9.67. The summed E-state index contributed by atoms with van der Waals surface area (Å²) in [7, 11) is 0. The Hall–Kier alpha value is -8.47. The van der Waals surface area contributed by atoms with E-state index in [0.29, 0.717) is 0 Å². The fourth-order valence-electron chi connectivity index (χ4n) is 11.6. The molecule has 0 saturated heterocycles. The zero-order valence-corrected chi connectivity index (χ0v) is 38.5. The lowest BCUT2D eigenvalue weighted by Crippen LogP contribution is -2.29. The third-order valence-electron chi connectivity index (χ3n) is 14.8. The maximum absolute atomic E-state index is 15.7. The molecule has 0 bridgehead atoms. The van der Waals surface area contributed by atoms with Gasteiger partial charge in [0, 0.05) is 17.1 Å². The molecular weight excluding hydrogens is 864 g/mol. The van der Waals surface area contributed by atoms with Crippen LogP contribution in [0.3, 0.4) is 0 Å². The second kappa shape index (κ2) is 16.9. The number of hydrogen-bond donors (Lipinski definition) is 0. The predicted molar refractivity (Wildman–Crippen MR) is 281 cm³/mol. The van der Waals surface area contributed by atoms with Crippen LogP contribution in [0.2, 0.25) is 0 Å². The van der Waals surface area contributed by atoms with Crippen molar-refractivity contribution in [1.82, 2.24) is 0 Å². The molecule has 0 fully saturated rings. The van der Waals surface area contributed by atoms with E-state index in [4.69, 9.17) is 0 Å². The van der Waals surface area contributed by atoms with Crippen molar-refractivity contribution in [2.24, 2.45) is 0 Å². The van der Waals surface area contributed by atoms with Gasteiger partial charge in [0.2, 0.25) is 0 Å². The summed E-state index contributed by atoms with van der Waals surface area (Å²) in [6.07, 6.45) is 2.73. The second-order valence-corrected chi connectivity index (χ2v) is 18.3. The van der Waals surface area contributed by atoms with Crippen LogP contribution < -0.4 is 4.90 Å². The second-order valence-electron chi connectivity index (χ2n) is 18.3. The highest BCUT2D eigenvalue weighted by molar-refractivity contribution is 5.92. The number of aryl methyl sites for hydroxylation is 1. The van der Waals surface area contributed by atoms with Crippen molar-refractivity contribution in [3.05, 3.63) is 310 Å². The molecule has 0 heterocycles. The van der Waals surface area contributed by atoms with Crippen LogP contribution in [-0.2, 0) is 17.3 Å². The number of rotatable bonds is 10. The smallest absolute Gasteiger partial charge is 0.123 e. The number of fused-ring (bicyclic) bond motifs is 6. The van der Waals surface area contributed by atoms with Crippen LogP contribution >= 0.6 is 0 Å². The number of benzene rings is 10. The lowest BCUT2D eigenvalue weighted by molar-refractivity contribution is 0.620. The van der Waals surface area contributed by atoms with Crippen molar-refractivity contribution in [1.29, 1.82) is 0 Å². The quantitative estimate of drug-likeness (QED) is 0.132. The maximum Gasteiger partial charge on any atom is 0.123 e. The van der Waals surface area contributed by atoms with E-state index in [1.54, 1.807) is 30.3 Å². The van der Waals surface area contributed by atoms with Gasteiger partial charge in [-0.3, -0.25) is 0 Å². The molecular formula is C66H46F3N. The Bertz CT molecular complexity index is 3630. The third-order valence-corrected chi connectivity index (χ3v) is 14.8. The van der Waals surface area contributed by atoms with Gasteiger partial charge in [-0.15, -0.1) is 0 Å². The van der Waals surface area contributed by atoms with E-state index in [2.05, 4.69) is 176 Å². The molecule has 0 amide bonds. The average Bonchev–Trinajstić information content (AvgIpc) is 3.87. The number of anilines is 3. The summed E-state index contributed by atoms with van der Waals surface area (Å²) in [6.45, 7) is 6.19. The van der Waals surface area contributed by atoms with Gasteiger partial charge in [-0.05, 0) is 168 Å². The Morgan fingerprint density at radius 3 is 1.30 bits per heavy atom. The molecule has 12 rings (SSSR count). The van der Waals surface area contributed by atoms with E-state index in [9.17, 15) is 4.39 Å². The highest BCUT2D eigenvalue weighted by Crippen LogP contribution is 2.60. The van der Waals surface area contributed by atoms with Gasteiger partial charge in [-0.2, -0.15) is 0 Å². The van der Waals surface area contributed by atoms with Gasteiger partial charge in [0.15, 0.2) is 0 Å². The summed E-state index contributed by atoms with van der Waals surface area (Å²) in [5.74, 6) is -0.896. The van der Waals surface area contributed by atoms with E-state index in [-0.39, 0.29) is 17.5 Å². The van der Waals surface area contributed by atoms with E-state index >= 15 is 8.78 Å². The lowest BCUT2D eigenvalue weighted by Gasteiger charge is -2.36. The fraction of sp³-hybridized carbons (Fsp3) is 0.0606. The van der Waals surface area contributed by atoms with Crippen LogP contribution in [0.5, 0.6) is 0 Å². The first-order chi connectivity index (χ1) is 34.3. The minimum atomic E-state index is -0.890. The highest BCUT2D eigenvalue weighted by Gasteiger charge is 2.48. The first-order valence-electron chi connectivity index (χ1n) is 23.8. The number of nitrogens with zero attached hydrogens (tertiary/aromatic N) is 1. The Morgan fingerprint density at radius 2 is 0.829 bits per heavy atom. The molecule has 0 radical (unpaired) electrons. The van der Waals surface area contributed by atoms with Crippen molar-refractivity contribution in [3.63, 3.8) is 0 Å². The van der Waals surface area contributed by atoms with Crippen molar-refractivity contribution < 1.29 is 13.2 Å². The molecule has 4 heteroatoms. The summed E-state index contributed by atoms with van der Waals surface area (Å²) < 4.78 is 45.6. The molecule has 0 spiro atoms. The minimum Gasteiger partial charge on any atom is -0.310 e. The van der Waals surface area contributed by atoms with Crippen LogP contribution in [0.1, 0.15) is 62.6 Å². The van der Waals surface area contributed by atoms with E-state index < -0.39 is 10.8 Å². The van der Waals surface area contributed by atoms with Crippen molar-refractivity contribution in [3.8, 4) is 33.4 Å². The molecule has 2 aliphatic rings. The summed E-state index contributed by atoms with van der Waals surface area (Å²) in [5, 5.41) is 0. The summed E-state index contributed by atoms with van der Waals surface area (Å²) in [6, 6.07) is 76.5. The fourth-order valence-corrected chi connectivity index (χ4v) is 11.6. The van der Waals surface area contributed by atoms with Gasteiger partial charge in [0.1, 0.15) is 17.5 Å². The molecule has 70 heavy (non-hydrogen) atoms. The van der Waals surface area contributed by atoms with Crippen LogP contribution in [0.25, 0.3) is 39.5 Å². The van der Waals surface area contributed by atoms with Gasteiger partial charge in [-0.25, -0.2) is 13.2 Å². The Morgan fingerprint density at radius 1 is 0.386 bits per heavy atom. The summed E-state index contributed by atoms with van der Waals surface area (Å²) in [5.41, 5.74) is 17.3. The molecule has 10 aromatic carbocycles. The molecule has 336 valence electrons. The zero-order chi connectivity index (χ0) is 47.6. The topological polar surface area (TPSA) is 3.24 Å². The molecule has 0 aliphatic heterocycles. The third kappa shape index (κ3) is 6.62. The predicted octanol–water partition coefficient (Wildman–Crippen LogP) is 17.2. The Balaban J connectivity index is 1.13. The molecule has 0 saturated carbocycles.